The normalized spacial score (nSPS) is 10.8. The van der Waals surface area contributed by atoms with Crippen LogP contribution < -0.4 is 16.2 Å². The first kappa shape index (κ1) is 36.5. The third-order valence-electron chi connectivity index (χ3n) is 6.89. The van der Waals surface area contributed by atoms with Gasteiger partial charge in [0.2, 0.25) is 0 Å². The number of amides is 2. The minimum atomic E-state index is -0.658. The number of phenolic OH excluding ortho intramolecular Hbond substituents is 1. The van der Waals surface area contributed by atoms with Gasteiger partial charge in [-0.25, -0.2) is 4.98 Å². The van der Waals surface area contributed by atoms with Crippen LogP contribution in [0.3, 0.4) is 0 Å². The van der Waals surface area contributed by atoms with E-state index in [1.54, 1.807) is 67.4 Å². The van der Waals surface area contributed by atoms with Crippen LogP contribution in [0.25, 0.3) is 11.1 Å². The molecular formula is C32H34Cl3N5O6. The first-order chi connectivity index (χ1) is 21.7. The minimum Gasteiger partial charge on any atom is -0.506 e. The van der Waals surface area contributed by atoms with E-state index >= 15 is 0 Å². The first-order valence-electron chi connectivity index (χ1n) is 14.0. The Bertz CT molecular complexity index is 1680. The van der Waals surface area contributed by atoms with Gasteiger partial charge in [-0.2, -0.15) is 0 Å². The molecule has 2 amide bonds. The van der Waals surface area contributed by atoms with Gasteiger partial charge < -0.3 is 29.8 Å². The predicted molar refractivity (Wildman–Crippen MR) is 182 cm³/mol. The fourth-order valence-corrected chi connectivity index (χ4v) is 4.81. The zero-order chi connectivity index (χ0) is 32.3. The summed E-state index contributed by atoms with van der Waals surface area (Å²) in [4.78, 5) is 45.7. The van der Waals surface area contributed by atoms with Crippen LogP contribution in [0.5, 0.6) is 5.75 Å². The highest BCUT2D eigenvalue weighted by Gasteiger charge is 2.20. The molecule has 11 nitrogen and oxygen atoms in total. The van der Waals surface area contributed by atoms with Gasteiger partial charge in [0.15, 0.2) is 0 Å². The van der Waals surface area contributed by atoms with Gasteiger partial charge in [0.25, 0.3) is 17.4 Å². The van der Waals surface area contributed by atoms with Crippen molar-refractivity contribution in [1.82, 2.24) is 14.5 Å². The number of pyridine rings is 2. The summed E-state index contributed by atoms with van der Waals surface area (Å²) in [5, 5.41) is 16.2. The lowest BCUT2D eigenvalue weighted by molar-refractivity contribution is 0.102. The van der Waals surface area contributed by atoms with Gasteiger partial charge >= 0.3 is 0 Å². The van der Waals surface area contributed by atoms with Crippen LogP contribution in [-0.4, -0.2) is 78.4 Å². The van der Waals surface area contributed by atoms with E-state index in [4.69, 9.17) is 32.7 Å². The monoisotopic (exact) mass is 689 g/mol. The number of ether oxygens (including phenoxy) is 2. The SMILES string of the molecule is COCCN(CCOC)CCn1cccc(-c2ccc(C(=O)Nc3c(O)cc(Cl)cc3C(=O)Nc3ccc(Cl)cn3)cc2)c1=O.Cl. The van der Waals surface area contributed by atoms with Crippen LogP contribution >= 0.6 is 35.6 Å². The number of methoxy groups -OCH3 is 2. The van der Waals surface area contributed by atoms with Gasteiger partial charge in [-0.15, -0.1) is 12.4 Å². The molecule has 0 aliphatic rings. The third kappa shape index (κ3) is 9.76. The predicted octanol–water partition coefficient (Wildman–Crippen LogP) is 5.44. The van der Waals surface area contributed by atoms with Crippen molar-refractivity contribution in [3.8, 4) is 16.9 Å². The lowest BCUT2D eigenvalue weighted by atomic mass is 10.0. The Kier molecular flexibility index (Phi) is 14.0. The number of hydrogen-bond acceptors (Lipinski definition) is 8. The molecule has 46 heavy (non-hydrogen) atoms. The number of anilines is 2. The van der Waals surface area contributed by atoms with Crippen LogP contribution in [0.4, 0.5) is 11.5 Å². The van der Waals surface area contributed by atoms with E-state index in [1.165, 1.54) is 24.4 Å². The highest BCUT2D eigenvalue weighted by molar-refractivity contribution is 6.32. The minimum absolute atomic E-state index is 0. The molecule has 4 aromatic rings. The highest BCUT2D eigenvalue weighted by Crippen LogP contribution is 2.32. The topological polar surface area (TPSA) is 135 Å². The van der Waals surface area contributed by atoms with Crippen molar-refractivity contribution in [2.24, 2.45) is 0 Å². The number of carbonyl (C=O) groups is 2. The maximum absolute atomic E-state index is 13.3. The summed E-state index contributed by atoms with van der Waals surface area (Å²) in [6, 6.07) is 15.6. The quantitative estimate of drug-likeness (QED) is 0.149. The Balaban J connectivity index is 0.00000576. The van der Waals surface area contributed by atoms with E-state index in [9.17, 15) is 19.5 Å². The number of aromatic nitrogens is 2. The zero-order valence-electron chi connectivity index (χ0n) is 25.2. The molecule has 4 rings (SSSR count). The summed E-state index contributed by atoms with van der Waals surface area (Å²) in [6.45, 7) is 3.71. The van der Waals surface area contributed by atoms with Crippen LogP contribution in [0.15, 0.2) is 77.9 Å². The number of hydrogen-bond donors (Lipinski definition) is 3. The van der Waals surface area contributed by atoms with E-state index in [2.05, 4.69) is 20.5 Å². The second-order valence-electron chi connectivity index (χ2n) is 9.94. The smallest absolute Gasteiger partial charge is 0.259 e. The Morgan fingerprint density at radius 2 is 1.61 bits per heavy atom. The van der Waals surface area contributed by atoms with E-state index in [1.807, 2.05) is 0 Å². The fraction of sp³-hybridized carbons (Fsp3) is 0.250. The molecule has 0 saturated heterocycles. The summed E-state index contributed by atoms with van der Waals surface area (Å²) >= 11 is 12.0. The van der Waals surface area contributed by atoms with Gasteiger partial charge in [0.05, 0.1) is 29.5 Å². The maximum atomic E-state index is 13.3. The van der Waals surface area contributed by atoms with Crippen molar-refractivity contribution >= 4 is 58.9 Å². The molecule has 244 valence electrons. The van der Waals surface area contributed by atoms with Gasteiger partial charge in [-0.1, -0.05) is 35.3 Å². The molecule has 0 radical (unpaired) electrons. The average molecular weight is 691 g/mol. The Morgan fingerprint density at radius 1 is 0.913 bits per heavy atom. The fourth-order valence-electron chi connectivity index (χ4n) is 4.48. The number of nitrogens with one attached hydrogen (secondary N) is 2. The van der Waals surface area contributed by atoms with Crippen LogP contribution in [0, 0.1) is 0 Å². The van der Waals surface area contributed by atoms with Crippen molar-refractivity contribution in [2.45, 2.75) is 6.54 Å². The molecule has 2 aromatic carbocycles. The average Bonchev–Trinajstić information content (AvgIpc) is 3.03. The Labute approximate surface area is 282 Å². The summed E-state index contributed by atoms with van der Waals surface area (Å²) < 4.78 is 12.0. The third-order valence-corrected chi connectivity index (χ3v) is 7.33. The van der Waals surface area contributed by atoms with Crippen LogP contribution in [-0.2, 0) is 16.0 Å². The van der Waals surface area contributed by atoms with Crippen molar-refractivity contribution < 1.29 is 24.2 Å². The molecule has 14 heteroatoms. The molecule has 0 unspecified atom stereocenters. The first-order valence-corrected chi connectivity index (χ1v) is 14.7. The van der Waals surface area contributed by atoms with E-state index in [0.29, 0.717) is 42.5 Å². The van der Waals surface area contributed by atoms with E-state index in [-0.39, 0.29) is 45.6 Å². The number of aromatic hydroxyl groups is 1. The molecule has 0 fully saturated rings. The van der Waals surface area contributed by atoms with Gasteiger partial charge in [0.1, 0.15) is 11.6 Å². The highest BCUT2D eigenvalue weighted by atomic mass is 35.5. The summed E-state index contributed by atoms with van der Waals surface area (Å²) in [6.07, 6.45) is 3.11. The maximum Gasteiger partial charge on any atom is 0.259 e. The summed E-state index contributed by atoms with van der Waals surface area (Å²) in [7, 11) is 3.30. The Hall–Kier alpha value is -3.97. The lowest BCUT2D eigenvalue weighted by Crippen LogP contribution is -2.35. The van der Waals surface area contributed by atoms with Crippen molar-refractivity contribution in [3.05, 3.63) is 105 Å². The van der Waals surface area contributed by atoms with Crippen molar-refractivity contribution in [3.63, 3.8) is 0 Å². The summed E-state index contributed by atoms with van der Waals surface area (Å²) in [5.41, 5.74) is 0.985. The number of halogens is 3. The van der Waals surface area contributed by atoms with Gasteiger partial charge in [-0.05, 0) is 48.0 Å². The molecule has 0 atom stereocenters. The molecule has 2 aromatic heterocycles. The molecular weight excluding hydrogens is 657 g/mol. The molecule has 0 spiro atoms. The zero-order valence-corrected chi connectivity index (χ0v) is 27.5. The van der Waals surface area contributed by atoms with Crippen molar-refractivity contribution in [2.75, 3.05) is 57.7 Å². The lowest BCUT2D eigenvalue weighted by Gasteiger charge is -2.22. The van der Waals surface area contributed by atoms with Gasteiger partial charge in [0, 0.05) is 75.0 Å². The number of rotatable bonds is 14. The van der Waals surface area contributed by atoms with E-state index < -0.39 is 17.6 Å². The van der Waals surface area contributed by atoms with Crippen LogP contribution in [0.2, 0.25) is 10.0 Å². The van der Waals surface area contributed by atoms with Gasteiger partial charge in [-0.3, -0.25) is 19.3 Å². The van der Waals surface area contributed by atoms with E-state index in [0.717, 1.165) is 13.1 Å². The second kappa shape index (κ2) is 17.7. The standard InChI is InChI=1S/C32H33Cl2N5O6.ClH/c1-44-16-14-38(15-17-45-2)12-13-39-11-3-4-25(32(39)43)21-5-7-22(8-6-21)30(41)37-29-26(18-24(34)19-27(29)40)31(42)36-28-10-9-23(33)20-35-28;/h3-11,18-20,40H,12-17H2,1-2H3,(H,37,41)(H,35,36,42);1H. The number of nitrogens with zero attached hydrogens (tertiary/aromatic N) is 3. The number of phenols is 1. The summed E-state index contributed by atoms with van der Waals surface area (Å²) in [5.74, 6) is -1.43. The molecule has 2 heterocycles. The number of carbonyl (C=O) groups excluding carboxylic acids is 2. The second-order valence-corrected chi connectivity index (χ2v) is 10.8. The molecule has 0 aliphatic carbocycles. The molecule has 3 N–H and O–H groups in total. The van der Waals surface area contributed by atoms with Crippen LogP contribution in [0.1, 0.15) is 20.7 Å². The molecule has 0 bridgehead atoms. The van der Waals surface area contributed by atoms with Crippen molar-refractivity contribution in [1.29, 1.82) is 0 Å². The Morgan fingerprint density at radius 3 is 2.24 bits per heavy atom. The largest absolute Gasteiger partial charge is 0.506 e. The molecule has 0 saturated carbocycles. The molecule has 0 aliphatic heterocycles. The number of benzene rings is 2.